The third-order valence-electron chi connectivity index (χ3n) is 8.52. The van der Waals surface area contributed by atoms with Crippen molar-refractivity contribution in [1.29, 1.82) is 0 Å². The second-order valence-corrected chi connectivity index (χ2v) is 12.0. The summed E-state index contributed by atoms with van der Waals surface area (Å²) in [5.74, 6) is 0. The van der Waals surface area contributed by atoms with E-state index in [0.717, 1.165) is 42.6 Å². The molecule has 0 saturated heterocycles. The molecule has 1 amide bonds. The van der Waals surface area contributed by atoms with E-state index in [0.29, 0.717) is 23.4 Å². The van der Waals surface area contributed by atoms with Crippen LogP contribution in [0.1, 0.15) is 124 Å². The molecule has 0 radical (unpaired) electrons. The molecule has 3 rings (SSSR count). The molecule has 0 spiro atoms. The zero-order valence-electron chi connectivity index (χ0n) is 27.6. The molecule has 0 saturated carbocycles. The van der Waals surface area contributed by atoms with Gasteiger partial charge >= 0.3 is 11.7 Å². The smallest absolute Gasteiger partial charge is 0.411 e. The number of fused-ring (bicyclic) bond motifs is 1. The highest BCUT2D eigenvalue weighted by molar-refractivity contribution is 5.86. The highest BCUT2D eigenvalue weighted by Crippen LogP contribution is 2.26. The molecule has 0 bridgehead atoms. The van der Waals surface area contributed by atoms with Crippen molar-refractivity contribution in [3.63, 3.8) is 0 Å². The molecule has 3 aromatic rings. The number of nitrogens with zero attached hydrogens (tertiary/aromatic N) is 1. The Morgan fingerprint density at radius 1 is 0.705 bits per heavy atom. The van der Waals surface area contributed by atoms with Gasteiger partial charge in [0.15, 0.2) is 0 Å². The van der Waals surface area contributed by atoms with Crippen molar-refractivity contribution in [3.8, 4) is 11.1 Å². The molecule has 0 aliphatic rings. The summed E-state index contributed by atoms with van der Waals surface area (Å²) in [6.07, 6.45) is 20.6. The Morgan fingerprint density at radius 2 is 1.25 bits per heavy atom. The van der Waals surface area contributed by atoms with Gasteiger partial charge in [-0.3, -0.25) is 5.32 Å². The van der Waals surface area contributed by atoms with Crippen molar-refractivity contribution in [2.24, 2.45) is 0 Å². The molecule has 6 nitrogen and oxygen atoms in total. The van der Waals surface area contributed by atoms with Gasteiger partial charge in [0.1, 0.15) is 5.58 Å². The number of hydrogen-bond donors (Lipinski definition) is 1. The number of unbranched alkanes of at least 4 members (excludes halogenated alkanes) is 15. The Hall–Kier alpha value is -3.28. The molecule has 0 aliphatic heterocycles. The number of ether oxygens (including phenoxy) is 1. The van der Waals surface area contributed by atoms with Gasteiger partial charge in [0, 0.05) is 35.9 Å². The molecule has 2 aromatic carbocycles. The SMILES string of the molecule is CCCCCCCCCCCCCCCCCCOC(=O)Nc1ccc(-c2cc3ccc(N(CC)CC)cc3oc2=O)cc1. The van der Waals surface area contributed by atoms with Crippen LogP contribution in [0.5, 0.6) is 0 Å². The first-order chi connectivity index (χ1) is 21.5. The first kappa shape index (κ1) is 35.2. The van der Waals surface area contributed by atoms with Crippen LogP contribution in [0, 0.1) is 0 Å². The largest absolute Gasteiger partial charge is 0.449 e. The van der Waals surface area contributed by atoms with Crippen LogP contribution in [0.4, 0.5) is 16.2 Å². The van der Waals surface area contributed by atoms with Crippen LogP contribution in [-0.2, 0) is 4.74 Å². The topological polar surface area (TPSA) is 71.8 Å². The molecule has 242 valence electrons. The maximum Gasteiger partial charge on any atom is 0.411 e. The van der Waals surface area contributed by atoms with E-state index in [1.807, 2.05) is 30.3 Å². The van der Waals surface area contributed by atoms with E-state index in [9.17, 15) is 9.59 Å². The Labute approximate surface area is 265 Å². The van der Waals surface area contributed by atoms with Gasteiger partial charge in [-0.05, 0) is 56.2 Å². The summed E-state index contributed by atoms with van der Waals surface area (Å²) in [6, 6.07) is 15.0. The lowest BCUT2D eigenvalue weighted by Crippen LogP contribution is -2.21. The second-order valence-electron chi connectivity index (χ2n) is 12.0. The second kappa shape index (κ2) is 20.6. The minimum Gasteiger partial charge on any atom is -0.449 e. The summed E-state index contributed by atoms with van der Waals surface area (Å²) in [7, 11) is 0. The fraction of sp³-hybridized carbons (Fsp3) is 0.579. The van der Waals surface area contributed by atoms with E-state index < -0.39 is 6.09 Å². The minimum absolute atomic E-state index is 0.381. The van der Waals surface area contributed by atoms with E-state index in [1.54, 1.807) is 12.1 Å². The van der Waals surface area contributed by atoms with Crippen LogP contribution in [0.25, 0.3) is 22.1 Å². The summed E-state index contributed by atoms with van der Waals surface area (Å²) >= 11 is 0. The molecule has 6 heteroatoms. The summed E-state index contributed by atoms with van der Waals surface area (Å²) < 4.78 is 11.0. The molecule has 0 aliphatic carbocycles. The summed E-state index contributed by atoms with van der Waals surface area (Å²) in [4.78, 5) is 27.2. The van der Waals surface area contributed by atoms with Crippen LogP contribution in [0.3, 0.4) is 0 Å². The summed E-state index contributed by atoms with van der Waals surface area (Å²) in [5.41, 5.74) is 3.09. The number of benzene rings is 2. The van der Waals surface area contributed by atoms with E-state index in [4.69, 9.17) is 9.15 Å². The van der Waals surface area contributed by atoms with Crippen molar-refractivity contribution in [2.75, 3.05) is 29.9 Å². The van der Waals surface area contributed by atoms with Gasteiger partial charge in [0.25, 0.3) is 0 Å². The highest BCUT2D eigenvalue weighted by atomic mass is 16.5. The van der Waals surface area contributed by atoms with Gasteiger partial charge < -0.3 is 14.1 Å². The average molecular weight is 605 g/mol. The zero-order chi connectivity index (χ0) is 31.4. The third kappa shape index (κ3) is 12.4. The number of hydrogen-bond acceptors (Lipinski definition) is 5. The third-order valence-corrected chi connectivity index (χ3v) is 8.52. The molecule has 0 unspecified atom stereocenters. The number of anilines is 2. The van der Waals surface area contributed by atoms with Crippen LogP contribution in [-0.4, -0.2) is 25.8 Å². The van der Waals surface area contributed by atoms with Crippen LogP contribution in [0.2, 0.25) is 0 Å². The number of amides is 1. The molecule has 44 heavy (non-hydrogen) atoms. The predicted octanol–water partition coefficient (Wildman–Crippen LogP) is 11.1. The minimum atomic E-state index is -0.451. The maximum atomic E-state index is 12.8. The lowest BCUT2D eigenvalue weighted by Gasteiger charge is -2.21. The van der Waals surface area contributed by atoms with Gasteiger partial charge in [0.05, 0.1) is 12.2 Å². The van der Waals surface area contributed by atoms with Crippen molar-refractivity contribution in [1.82, 2.24) is 0 Å². The number of rotatable bonds is 22. The summed E-state index contributed by atoms with van der Waals surface area (Å²) in [5, 5.41) is 3.65. The lowest BCUT2D eigenvalue weighted by atomic mass is 10.0. The lowest BCUT2D eigenvalue weighted by molar-refractivity contribution is 0.159. The van der Waals surface area contributed by atoms with E-state index in [-0.39, 0.29) is 5.63 Å². The van der Waals surface area contributed by atoms with Gasteiger partial charge in [-0.25, -0.2) is 9.59 Å². The van der Waals surface area contributed by atoms with Gasteiger partial charge in [-0.2, -0.15) is 0 Å². The van der Waals surface area contributed by atoms with Crippen molar-refractivity contribution in [2.45, 2.75) is 124 Å². The molecule has 1 aromatic heterocycles. The van der Waals surface area contributed by atoms with Crippen molar-refractivity contribution < 1.29 is 13.9 Å². The predicted molar refractivity (Wildman–Crippen MR) is 186 cm³/mol. The van der Waals surface area contributed by atoms with Crippen LogP contribution < -0.4 is 15.8 Å². The monoisotopic (exact) mass is 604 g/mol. The van der Waals surface area contributed by atoms with Gasteiger partial charge in [0.2, 0.25) is 0 Å². The van der Waals surface area contributed by atoms with E-state index in [2.05, 4.69) is 37.1 Å². The normalized spacial score (nSPS) is 11.2. The van der Waals surface area contributed by atoms with E-state index >= 15 is 0 Å². The van der Waals surface area contributed by atoms with E-state index in [1.165, 1.54) is 89.9 Å². The number of carbonyl (C=O) groups excluding carboxylic acids is 1. The number of nitrogens with one attached hydrogen (secondary N) is 1. The Balaban J connectivity index is 1.27. The van der Waals surface area contributed by atoms with Crippen molar-refractivity contribution >= 4 is 28.4 Å². The molecule has 1 heterocycles. The molecular formula is C38H56N2O4. The van der Waals surface area contributed by atoms with Crippen molar-refractivity contribution in [3.05, 3.63) is 59.0 Å². The first-order valence-corrected chi connectivity index (χ1v) is 17.4. The zero-order valence-corrected chi connectivity index (χ0v) is 27.6. The molecular weight excluding hydrogens is 548 g/mol. The van der Waals surface area contributed by atoms with Gasteiger partial charge in [-0.1, -0.05) is 115 Å². The molecule has 0 atom stereocenters. The Bertz CT molecular complexity index is 1280. The number of carbonyl (C=O) groups is 1. The molecule has 1 N–H and O–H groups in total. The quantitative estimate of drug-likeness (QED) is 0.0912. The standard InChI is InChI=1S/C38H56N2O4/c1-4-7-8-9-10-11-12-13-14-15-16-17-18-19-20-21-28-43-38(42)39-33-25-22-31(23-26-33)35-29-32-24-27-34(40(5-2)6-3)30-36(32)44-37(35)41/h22-27,29-30H,4-21,28H2,1-3H3,(H,39,42). The maximum absolute atomic E-state index is 12.8. The van der Waals surface area contributed by atoms with Crippen LogP contribution >= 0.6 is 0 Å². The average Bonchev–Trinajstić information content (AvgIpc) is 3.03. The fourth-order valence-corrected chi connectivity index (χ4v) is 5.79. The molecule has 0 fully saturated rings. The Kier molecular flexibility index (Phi) is 16.5. The fourth-order valence-electron chi connectivity index (χ4n) is 5.79. The van der Waals surface area contributed by atoms with Crippen LogP contribution in [0.15, 0.2) is 57.7 Å². The first-order valence-electron chi connectivity index (χ1n) is 17.4. The summed E-state index contributed by atoms with van der Waals surface area (Å²) in [6.45, 7) is 8.68. The Morgan fingerprint density at radius 3 is 1.80 bits per heavy atom. The highest BCUT2D eigenvalue weighted by Gasteiger charge is 2.11. The van der Waals surface area contributed by atoms with Gasteiger partial charge in [-0.15, -0.1) is 0 Å².